The summed E-state index contributed by atoms with van der Waals surface area (Å²) in [4.78, 5) is 25.8. The fourth-order valence-corrected chi connectivity index (χ4v) is 0.972. The number of ether oxygens (including phenoxy) is 1. The van der Waals surface area contributed by atoms with Crippen LogP contribution in [-0.4, -0.2) is 24.0 Å². The lowest BCUT2D eigenvalue weighted by Crippen LogP contribution is -2.12. The third-order valence-corrected chi connectivity index (χ3v) is 1.54. The molecule has 0 aliphatic carbocycles. The highest BCUT2D eigenvalue weighted by Crippen LogP contribution is 2.13. The molecule has 0 atom stereocenters. The molecule has 0 spiro atoms. The van der Waals surface area contributed by atoms with Crippen molar-refractivity contribution < 1.29 is 14.3 Å². The number of carbonyl (C=O) groups is 2. The first-order chi connectivity index (χ1) is 6.65. The third kappa shape index (κ3) is 2.29. The highest BCUT2D eigenvalue weighted by Gasteiger charge is 2.11. The summed E-state index contributed by atoms with van der Waals surface area (Å²) in [6.07, 6.45) is 2.85. The number of hydrogen-bond donors (Lipinski definition) is 1. The molecule has 5 heteroatoms. The van der Waals surface area contributed by atoms with E-state index in [1.54, 1.807) is 0 Å². The van der Waals surface area contributed by atoms with Crippen molar-refractivity contribution in [3.63, 3.8) is 0 Å². The van der Waals surface area contributed by atoms with Crippen molar-refractivity contribution in [3.05, 3.63) is 24.0 Å². The molecule has 1 heterocycles. The van der Waals surface area contributed by atoms with E-state index in [0.29, 0.717) is 5.69 Å². The fourth-order valence-electron chi connectivity index (χ4n) is 0.972. The number of pyridine rings is 1. The average molecular weight is 194 g/mol. The van der Waals surface area contributed by atoms with E-state index < -0.39 is 5.97 Å². The largest absolute Gasteiger partial charge is 0.465 e. The monoisotopic (exact) mass is 194 g/mol. The van der Waals surface area contributed by atoms with E-state index in [0.717, 1.165) is 0 Å². The molecule has 1 amide bonds. The zero-order valence-electron chi connectivity index (χ0n) is 7.90. The van der Waals surface area contributed by atoms with Crippen molar-refractivity contribution in [3.8, 4) is 0 Å². The lowest BCUT2D eigenvalue weighted by atomic mass is 10.2. The number of rotatable bonds is 2. The van der Waals surface area contributed by atoms with Gasteiger partial charge in [-0.05, 0) is 6.07 Å². The molecule has 1 N–H and O–H groups in total. The van der Waals surface area contributed by atoms with Crippen LogP contribution in [0.5, 0.6) is 0 Å². The second kappa shape index (κ2) is 4.36. The average Bonchev–Trinajstić information content (AvgIpc) is 2.16. The maximum Gasteiger partial charge on any atom is 0.340 e. The molecule has 0 unspecified atom stereocenters. The molecule has 0 aliphatic heterocycles. The molecule has 14 heavy (non-hydrogen) atoms. The van der Waals surface area contributed by atoms with Crippen LogP contribution in [0.1, 0.15) is 17.3 Å². The van der Waals surface area contributed by atoms with E-state index in [4.69, 9.17) is 0 Å². The van der Waals surface area contributed by atoms with Gasteiger partial charge < -0.3 is 10.1 Å². The summed E-state index contributed by atoms with van der Waals surface area (Å²) in [6, 6.07) is 1.48. The predicted octanol–water partition coefficient (Wildman–Crippen LogP) is 0.827. The van der Waals surface area contributed by atoms with Gasteiger partial charge in [0.25, 0.3) is 0 Å². The molecule has 0 saturated carbocycles. The number of carbonyl (C=O) groups excluding carboxylic acids is 2. The number of amides is 1. The first-order valence-corrected chi connectivity index (χ1v) is 3.95. The van der Waals surface area contributed by atoms with E-state index >= 15 is 0 Å². The van der Waals surface area contributed by atoms with Gasteiger partial charge in [0, 0.05) is 13.1 Å². The molecule has 74 valence electrons. The van der Waals surface area contributed by atoms with E-state index in [-0.39, 0.29) is 11.5 Å². The second-order valence-corrected chi connectivity index (χ2v) is 2.59. The Kier molecular flexibility index (Phi) is 3.17. The van der Waals surface area contributed by atoms with Gasteiger partial charge in [-0.25, -0.2) is 4.79 Å². The number of esters is 1. The number of aromatic nitrogens is 1. The Morgan fingerprint density at radius 2 is 2.21 bits per heavy atom. The fraction of sp³-hybridized carbons (Fsp3) is 0.222. The first-order valence-electron chi connectivity index (χ1n) is 3.95. The van der Waals surface area contributed by atoms with Crippen LogP contribution in [0.2, 0.25) is 0 Å². The number of nitrogens with zero attached hydrogens (tertiary/aromatic N) is 1. The quantitative estimate of drug-likeness (QED) is 0.708. The molecule has 0 aliphatic rings. The normalized spacial score (nSPS) is 9.29. The molecular weight excluding hydrogens is 184 g/mol. The molecule has 1 rings (SSSR count). The van der Waals surface area contributed by atoms with Gasteiger partial charge in [-0.2, -0.15) is 0 Å². The minimum Gasteiger partial charge on any atom is -0.465 e. The van der Waals surface area contributed by atoms with E-state index in [1.807, 2.05) is 0 Å². The van der Waals surface area contributed by atoms with Crippen molar-refractivity contribution in [1.29, 1.82) is 0 Å². The van der Waals surface area contributed by atoms with Gasteiger partial charge in [0.2, 0.25) is 5.91 Å². The van der Waals surface area contributed by atoms with Crippen LogP contribution in [0.4, 0.5) is 5.69 Å². The molecule has 0 radical (unpaired) electrons. The van der Waals surface area contributed by atoms with E-state index in [9.17, 15) is 9.59 Å². The molecule has 1 aromatic rings. The van der Waals surface area contributed by atoms with Crippen LogP contribution in [0.25, 0.3) is 0 Å². The molecular formula is C9H10N2O3. The summed E-state index contributed by atoms with van der Waals surface area (Å²) in [5.74, 6) is -0.765. The predicted molar refractivity (Wildman–Crippen MR) is 49.9 cm³/mol. The Balaban J connectivity index is 3.02. The van der Waals surface area contributed by atoms with Crippen LogP contribution in [0.15, 0.2) is 18.5 Å². The van der Waals surface area contributed by atoms with Gasteiger partial charge in [-0.15, -0.1) is 0 Å². The van der Waals surface area contributed by atoms with Gasteiger partial charge in [0.05, 0.1) is 24.6 Å². The Labute approximate surface area is 81.1 Å². The lowest BCUT2D eigenvalue weighted by molar-refractivity contribution is -0.114. The van der Waals surface area contributed by atoms with Gasteiger partial charge in [-0.1, -0.05) is 0 Å². The van der Waals surface area contributed by atoms with Crippen molar-refractivity contribution >= 4 is 17.6 Å². The highest BCUT2D eigenvalue weighted by atomic mass is 16.5. The van der Waals surface area contributed by atoms with Crippen LogP contribution in [-0.2, 0) is 9.53 Å². The molecule has 0 fully saturated rings. The topological polar surface area (TPSA) is 68.3 Å². The van der Waals surface area contributed by atoms with Crippen molar-refractivity contribution in [1.82, 2.24) is 4.98 Å². The maximum absolute atomic E-state index is 11.2. The second-order valence-electron chi connectivity index (χ2n) is 2.59. The third-order valence-electron chi connectivity index (χ3n) is 1.54. The van der Waals surface area contributed by atoms with Crippen LogP contribution < -0.4 is 5.32 Å². The SMILES string of the molecule is COC(=O)c1ccncc1NC(C)=O. The highest BCUT2D eigenvalue weighted by molar-refractivity contribution is 6.00. The number of anilines is 1. The standard InChI is InChI=1S/C9H10N2O3/c1-6(12)11-8-5-10-4-3-7(8)9(13)14-2/h3-5H,1-2H3,(H,11,12). The van der Waals surface area contributed by atoms with Gasteiger partial charge >= 0.3 is 5.97 Å². The van der Waals surface area contributed by atoms with Crippen LogP contribution in [0.3, 0.4) is 0 Å². The minimum absolute atomic E-state index is 0.261. The molecule has 0 aromatic carbocycles. The summed E-state index contributed by atoms with van der Waals surface area (Å²) in [7, 11) is 1.28. The summed E-state index contributed by atoms with van der Waals surface area (Å²) >= 11 is 0. The minimum atomic E-state index is -0.504. The molecule has 0 bridgehead atoms. The number of methoxy groups -OCH3 is 1. The Hall–Kier alpha value is -1.91. The van der Waals surface area contributed by atoms with Gasteiger partial charge in [0.1, 0.15) is 0 Å². The van der Waals surface area contributed by atoms with Gasteiger partial charge in [-0.3, -0.25) is 9.78 Å². The summed E-state index contributed by atoms with van der Waals surface area (Å²) in [6.45, 7) is 1.36. The van der Waals surface area contributed by atoms with Crippen LogP contribution >= 0.6 is 0 Å². The zero-order valence-corrected chi connectivity index (χ0v) is 7.90. The Bertz CT molecular complexity index is 363. The summed E-state index contributed by atoms with van der Waals surface area (Å²) < 4.78 is 4.54. The zero-order chi connectivity index (χ0) is 10.6. The summed E-state index contributed by atoms with van der Waals surface area (Å²) in [5.41, 5.74) is 0.643. The first kappa shape index (κ1) is 10.2. The van der Waals surface area contributed by atoms with Crippen molar-refractivity contribution in [2.75, 3.05) is 12.4 Å². The van der Waals surface area contributed by atoms with Gasteiger partial charge in [0.15, 0.2) is 0 Å². The van der Waals surface area contributed by atoms with E-state index in [2.05, 4.69) is 15.0 Å². The Morgan fingerprint density at radius 3 is 2.79 bits per heavy atom. The maximum atomic E-state index is 11.2. The van der Waals surface area contributed by atoms with E-state index in [1.165, 1.54) is 32.5 Å². The van der Waals surface area contributed by atoms with Crippen molar-refractivity contribution in [2.45, 2.75) is 6.92 Å². The Morgan fingerprint density at radius 1 is 1.50 bits per heavy atom. The molecule has 0 saturated heterocycles. The summed E-state index contributed by atoms with van der Waals surface area (Å²) in [5, 5.41) is 2.49. The lowest BCUT2D eigenvalue weighted by Gasteiger charge is -2.06. The number of hydrogen-bond acceptors (Lipinski definition) is 4. The number of nitrogens with one attached hydrogen (secondary N) is 1. The van der Waals surface area contributed by atoms with Crippen molar-refractivity contribution in [2.24, 2.45) is 0 Å². The molecule has 1 aromatic heterocycles. The molecule has 5 nitrogen and oxygen atoms in total. The van der Waals surface area contributed by atoms with Crippen LogP contribution in [0, 0.1) is 0 Å². The smallest absolute Gasteiger partial charge is 0.340 e.